The van der Waals surface area contributed by atoms with Crippen LogP contribution in [0.5, 0.6) is 0 Å². The van der Waals surface area contributed by atoms with Crippen molar-refractivity contribution >= 4 is 16.6 Å². The van der Waals surface area contributed by atoms with E-state index in [0.717, 1.165) is 23.1 Å². The summed E-state index contributed by atoms with van der Waals surface area (Å²) in [6, 6.07) is 7.31. The first kappa shape index (κ1) is 10.3. The number of H-pyrrole nitrogens is 1. The number of hydrogen-bond acceptors (Lipinski definition) is 2. The van der Waals surface area contributed by atoms with E-state index in [1.807, 2.05) is 25.1 Å². The average molecular weight is 227 g/mol. The van der Waals surface area contributed by atoms with Crippen LogP contribution in [-0.2, 0) is 6.42 Å². The fourth-order valence-electron chi connectivity index (χ4n) is 2.64. The molecule has 3 rings (SSSR count). The van der Waals surface area contributed by atoms with Crippen molar-refractivity contribution in [3.63, 3.8) is 0 Å². The van der Waals surface area contributed by atoms with Crippen LogP contribution in [0.25, 0.3) is 10.8 Å². The Bertz CT molecular complexity index is 669. The third-order valence-corrected chi connectivity index (χ3v) is 3.37. The number of aromatic amines is 1. The Balaban J connectivity index is 2.43. The predicted octanol–water partition coefficient (Wildman–Crippen LogP) is 2.29. The molecule has 1 heterocycles. The van der Waals surface area contributed by atoms with Gasteiger partial charge in [0.25, 0.3) is 5.56 Å². The van der Waals surface area contributed by atoms with Crippen LogP contribution in [0.15, 0.2) is 29.1 Å². The maximum atomic E-state index is 12.1. The monoisotopic (exact) mass is 227 g/mol. The Kier molecular flexibility index (Phi) is 2.15. The summed E-state index contributed by atoms with van der Waals surface area (Å²) in [6.07, 6.45) is 1.35. The third-order valence-electron chi connectivity index (χ3n) is 3.37. The van der Waals surface area contributed by atoms with E-state index in [1.165, 1.54) is 0 Å². The van der Waals surface area contributed by atoms with Crippen molar-refractivity contribution in [2.24, 2.45) is 5.92 Å². The standard InChI is InChI=1S/C14H13NO2/c1-8-6-11-13(12(16)7-8)9-4-2-3-5-10(9)14(17)15-11/h2-5,8H,6-7H2,1H3,(H,15,17)/t8-/m1/s1. The van der Waals surface area contributed by atoms with Gasteiger partial charge in [0.05, 0.1) is 0 Å². The molecular weight excluding hydrogens is 214 g/mol. The predicted molar refractivity (Wildman–Crippen MR) is 66.4 cm³/mol. The van der Waals surface area contributed by atoms with Crippen LogP contribution in [0.1, 0.15) is 29.4 Å². The first-order chi connectivity index (χ1) is 8.16. The minimum absolute atomic E-state index is 0.0961. The third kappa shape index (κ3) is 1.50. The summed E-state index contributed by atoms with van der Waals surface area (Å²) in [5, 5.41) is 1.40. The minimum Gasteiger partial charge on any atom is -0.325 e. The van der Waals surface area contributed by atoms with E-state index in [2.05, 4.69) is 4.98 Å². The number of aromatic nitrogens is 1. The van der Waals surface area contributed by atoms with Crippen molar-refractivity contribution < 1.29 is 4.79 Å². The number of ketones is 1. The Morgan fingerprint density at radius 1 is 1.12 bits per heavy atom. The maximum absolute atomic E-state index is 12.1. The molecule has 17 heavy (non-hydrogen) atoms. The summed E-state index contributed by atoms with van der Waals surface area (Å²) in [4.78, 5) is 26.9. The molecule has 1 aliphatic rings. The lowest BCUT2D eigenvalue weighted by atomic mass is 9.85. The van der Waals surface area contributed by atoms with Gasteiger partial charge in [-0.15, -0.1) is 0 Å². The second kappa shape index (κ2) is 3.55. The van der Waals surface area contributed by atoms with Crippen LogP contribution in [0.2, 0.25) is 0 Å². The van der Waals surface area contributed by atoms with Gasteiger partial charge in [0, 0.05) is 23.1 Å². The van der Waals surface area contributed by atoms with E-state index in [0.29, 0.717) is 17.7 Å². The Labute approximate surface area is 98.5 Å². The molecule has 1 atom stereocenters. The van der Waals surface area contributed by atoms with Crippen molar-refractivity contribution in [3.05, 3.63) is 45.9 Å². The zero-order chi connectivity index (χ0) is 12.0. The average Bonchev–Trinajstić information content (AvgIpc) is 2.28. The van der Waals surface area contributed by atoms with E-state index < -0.39 is 0 Å². The lowest BCUT2D eigenvalue weighted by molar-refractivity contribution is 0.0954. The summed E-state index contributed by atoms with van der Waals surface area (Å²) in [6.45, 7) is 2.04. The number of benzene rings is 1. The number of Topliss-reactive ketones (excluding diaryl/α,β-unsaturated/α-hetero) is 1. The van der Waals surface area contributed by atoms with Crippen LogP contribution < -0.4 is 5.56 Å². The van der Waals surface area contributed by atoms with Crippen molar-refractivity contribution in [1.29, 1.82) is 0 Å². The zero-order valence-corrected chi connectivity index (χ0v) is 9.62. The quantitative estimate of drug-likeness (QED) is 0.750. The lowest BCUT2D eigenvalue weighted by Gasteiger charge is -2.21. The second-order valence-corrected chi connectivity index (χ2v) is 4.79. The van der Waals surface area contributed by atoms with E-state index in [-0.39, 0.29) is 11.3 Å². The zero-order valence-electron chi connectivity index (χ0n) is 9.62. The van der Waals surface area contributed by atoms with Gasteiger partial charge in [0.15, 0.2) is 5.78 Å². The molecule has 0 amide bonds. The first-order valence-electron chi connectivity index (χ1n) is 5.84. The molecule has 0 radical (unpaired) electrons. The molecule has 0 fully saturated rings. The van der Waals surface area contributed by atoms with Gasteiger partial charge < -0.3 is 4.98 Å². The number of pyridine rings is 1. The molecule has 0 unspecified atom stereocenters. The molecule has 3 nitrogen and oxygen atoms in total. The summed E-state index contributed by atoms with van der Waals surface area (Å²) in [5.74, 6) is 0.456. The second-order valence-electron chi connectivity index (χ2n) is 4.79. The molecule has 0 aliphatic heterocycles. The van der Waals surface area contributed by atoms with Gasteiger partial charge in [0.2, 0.25) is 0 Å². The largest absolute Gasteiger partial charge is 0.325 e. The fourth-order valence-corrected chi connectivity index (χ4v) is 2.64. The van der Waals surface area contributed by atoms with Crippen LogP contribution in [0.4, 0.5) is 0 Å². The molecule has 3 heteroatoms. The smallest absolute Gasteiger partial charge is 0.256 e. The number of fused-ring (bicyclic) bond motifs is 3. The molecule has 0 bridgehead atoms. The molecule has 1 aromatic carbocycles. The highest BCUT2D eigenvalue weighted by atomic mass is 16.1. The van der Waals surface area contributed by atoms with Crippen LogP contribution >= 0.6 is 0 Å². The number of rotatable bonds is 0. The van der Waals surface area contributed by atoms with E-state index in [1.54, 1.807) is 6.07 Å². The van der Waals surface area contributed by atoms with Crippen molar-refractivity contribution in [3.8, 4) is 0 Å². The Morgan fingerprint density at radius 3 is 2.59 bits per heavy atom. The highest BCUT2D eigenvalue weighted by Gasteiger charge is 2.25. The first-order valence-corrected chi connectivity index (χ1v) is 5.84. The summed E-state index contributed by atoms with van der Waals surface area (Å²) in [5.41, 5.74) is 1.43. The maximum Gasteiger partial charge on any atom is 0.256 e. The molecule has 86 valence electrons. The molecule has 1 N–H and O–H groups in total. The summed E-state index contributed by atoms with van der Waals surface area (Å²) < 4.78 is 0. The van der Waals surface area contributed by atoms with Gasteiger partial charge in [-0.25, -0.2) is 0 Å². The molecule has 0 spiro atoms. The Morgan fingerprint density at radius 2 is 1.82 bits per heavy atom. The van der Waals surface area contributed by atoms with Gasteiger partial charge >= 0.3 is 0 Å². The summed E-state index contributed by atoms with van der Waals surface area (Å²) in [7, 11) is 0. The van der Waals surface area contributed by atoms with Crippen molar-refractivity contribution in [1.82, 2.24) is 4.98 Å². The summed E-state index contributed by atoms with van der Waals surface area (Å²) >= 11 is 0. The normalized spacial score (nSPS) is 19.4. The van der Waals surface area contributed by atoms with Gasteiger partial charge in [-0.05, 0) is 23.8 Å². The van der Waals surface area contributed by atoms with Gasteiger partial charge in [0.1, 0.15) is 0 Å². The molecule has 1 aromatic heterocycles. The van der Waals surface area contributed by atoms with Gasteiger partial charge in [-0.1, -0.05) is 25.1 Å². The lowest BCUT2D eigenvalue weighted by Crippen LogP contribution is -2.23. The van der Waals surface area contributed by atoms with Crippen LogP contribution in [0.3, 0.4) is 0 Å². The molecular formula is C14H13NO2. The highest BCUT2D eigenvalue weighted by Crippen LogP contribution is 2.28. The number of carbonyl (C=O) groups excluding carboxylic acids is 1. The Hall–Kier alpha value is -1.90. The molecule has 0 saturated heterocycles. The minimum atomic E-state index is -0.0961. The van der Waals surface area contributed by atoms with Gasteiger partial charge in [-0.2, -0.15) is 0 Å². The number of nitrogens with one attached hydrogen (secondary N) is 1. The van der Waals surface area contributed by atoms with Crippen molar-refractivity contribution in [2.45, 2.75) is 19.8 Å². The van der Waals surface area contributed by atoms with Crippen molar-refractivity contribution in [2.75, 3.05) is 0 Å². The molecule has 1 aliphatic carbocycles. The number of carbonyl (C=O) groups is 1. The van der Waals surface area contributed by atoms with E-state index >= 15 is 0 Å². The fraction of sp³-hybridized carbons (Fsp3) is 0.286. The molecule has 2 aromatic rings. The molecule has 0 saturated carbocycles. The number of hydrogen-bond donors (Lipinski definition) is 1. The van der Waals surface area contributed by atoms with Gasteiger partial charge in [-0.3, -0.25) is 9.59 Å². The topological polar surface area (TPSA) is 49.9 Å². The van der Waals surface area contributed by atoms with E-state index in [4.69, 9.17) is 0 Å². The highest BCUT2D eigenvalue weighted by molar-refractivity contribution is 6.09. The SMILES string of the molecule is C[C@H]1CC(=O)c2c([nH]c(=O)c3ccccc23)C1. The van der Waals surface area contributed by atoms with E-state index in [9.17, 15) is 9.59 Å². The van der Waals surface area contributed by atoms with Crippen LogP contribution in [0, 0.1) is 5.92 Å². The van der Waals surface area contributed by atoms with Crippen LogP contribution in [-0.4, -0.2) is 10.8 Å².